The van der Waals surface area contributed by atoms with Gasteiger partial charge in [0.1, 0.15) is 0 Å². The topological polar surface area (TPSA) is 60.9 Å². The molecule has 0 radical (unpaired) electrons. The Bertz CT molecular complexity index is 485. The fourth-order valence-corrected chi connectivity index (χ4v) is 2.25. The van der Waals surface area contributed by atoms with Crippen molar-refractivity contribution in [2.45, 2.75) is 12.5 Å². The van der Waals surface area contributed by atoms with Crippen LogP contribution >= 0.6 is 0 Å². The zero-order valence-corrected chi connectivity index (χ0v) is 10.5. The maximum Gasteiger partial charge on any atom is 0.319 e. The van der Waals surface area contributed by atoms with E-state index in [0.717, 1.165) is 11.1 Å². The Kier molecular flexibility index (Phi) is 3.23. The summed E-state index contributed by atoms with van der Waals surface area (Å²) in [5.74, 6) is -1.53. The number of carbonyl (C=O) groups is 2. The highest BCUT2D eigenvalue weighted by Gasteiger charge is 2.32. The highest BCUT2D eigenvalue weighted by atomic mass is 16.4. The molecule has 0 spiro atoms. The van der Waals surface area contributed by atoms with Gasteiger partial charge in [-0.15, -0.1) is 0 Å². The molecule has 1 aromatic rings. The van der Waals surface area contributed by atoms with E-state index in [-0.39, 0.29) is 12.6 Å². The Morgan fingerprint density at radius 3 is 2.61 bits per heavy atom. The minimum atomic E-state index is -0.890. The minimum absolute atomic E-state index is 0.157. The number of aliphatic carboxylic acids is 1. The van der Waals surface area contributed by atoms with Gasteiger partial charge in [-0.05, 0) is 11.1 Å². The Morgan fingerprint density at radius 1 is 1.33 bits per heavy atom. The third kappa shape index (κ3) is 2.16. The summed E-state index contributed by atoms with van der Waals surface area (Å²) in [6.07, 6.45) is 0. The molecule has 18 heavy (non-hydrogen) atoms. The van der Waals surface area contributed by atoms with Crippen molar-refractivity contribution < 1.29 is 14.7 Å². The molecule has 0 fully saturated rings. The molecule has 1 aliphatic heterocycles. The van der Waals surface area contributed by atoms with E-state index in [1.807, 2.05) is 24.3 Å². The van der Waals surface area contributed by atoms with Crippen LogP contribution in [0, 0.1) is 0 Å². The molecule has 5 heteroatoms. The van der Waals surface area contributed by atoms with Crippen molar-refractivity contribution >= 4 is 12.0 Å². The molecule has 96 valence electrons. The van der Waals surface area contributed by atoms with Crippen LogP contribution in [0.15, 0.2) is 24.3 Å². The zero-order valence-electron chi connectivity index (χ0n) is 10.5. The second kappa shape index (κ2) is 4.68. The first-order valence-corrected chi connectivity index (χ1v) is 5.77. The first-order chi connectivity index (χ1) is 8.50. The molecule has 0 saturated heterocycles. The Hall–Kier alpha value is -2.04. The van der Waals surface area contributed by atoms with Crippen LogP contribution in [0.1, 0.15) is 17.0 Å². The van der Waals surface area contributed by atoms with Gasteiger partial charge in [0.05, 0.1) is 5.92 Å². The molecule has 0 aromatic heterocycles. The lowest BCUT2D eigenvalue weighted by Crippen LogP contribution is -2.45. The quantitative estimate of drug-likeness (QED) is 0.816. The van der Waals surface area contributed by atoms with E-state index in [2.05, 4.69) is 0 Å². The largest absolute Gasteiger partial charge is 0.481 e. The minimum Gasteiger partial charge on any atom is -0.481 e. The van der Waals surface area contributed by atoms with Gasteiger partial charge >= 0.3 is 12.0 Å². The van der Waals surface area contributed by atoms with Crippen molar-refractivity contribution in [3.05, 3.63) is 35.4 Å². The van der Waals surface area contributed by atoms with Crippen LogP contribution in [-0.4, -0.2) is 47.5 Å². The van der Waals surface area contributed by atoms with Crippen molar-refractivity contribution in [3.8, 4) is 0 Å². The standard InChI is InChI=1S/C13H16N2O3/c1-14(2)13(18)15-7-9-5-3-4-6-10(9)11(8-15)12(16)17/h3-6,11H,7-8H2,1-2H3,(H,16,17). The van der Waals surface area contributed by atoms with Gasteiger partial charge in [0, 0.05) is 27.2 Å². The highest BCUT2D eigenvalue weighted by molar-refractivity contribution is 5.80. The summed E-state index contributed by atoms with van der Waals surface area (Å²) in [5, 5.41) is 9.27. The van der Waals surface area contributed by atoms with Gasteiger partial charge in [-0.1, -0.05) is 24.3 Å². The summed E-state index contributed by atoms with van der Waals surface area (Å²) in [6.45, 7) is 0.695. The normalized spacial score (nSPS) is 18.1. The molecule has 0 bridgehead atoms. The summed E-state index contributed by atoms with van der Waals surface area (Å²) >= 11 is 0. The molecular weight excluding hydrogens is 232 g/mol. The molecule has 1 unspecified atom stereocenters. The van der Waals surface area contributed by atoms with E-state index in [0.29, 0.717) is 6.54 Å². The smallest absolute Gasteiger partial charge is 0.319 e. The average molecular weight is 248 g/mol. The van der Waals surface area contributed by atoms with Crippen molar-refractivity contribution in [1.82, 2.24) is 9.80 Å². The number of carbonyl (C=O) groups excluding carboxylic acids is 1. The number of rotatable bonds is 1. The fraction of sp³-hybridized carbons (Fsp3) is 0.385. The van der Waals surface area contributed by atoms with Gasteiger partial charge in [-0.2, -0.15) is 0 Å². The van der Waals surface area contributed by atoms with E-state index in [1.54, 1.807) is 19.0 Å². The van der Waals surface area contributed by atoms with Crippen LogP contribution in [0.25, 0.3) is 0 Å². The van der Waals surface area contributed by atoms with Crippen LogP contribution < -0.4 is 0 Å². The number of benzene rings is 1. The summed E-state index contributed by atoms with van der Waals surface area (Å²) in [4.78, 5) is 26.3. The van der Waals surface area contributed by atoms with E-state index < -0.39 is 11.9 Å². The molecule has 0 aliphatic carbocycles. The van der Waals surface area contributed by atoms with Gasteiger partial charge in [-0.3, -0.25) is 4.79 Å². The number of hydrogen-bond donors (Lipinski definition) is 1. The van der Waals surface area contributed by atoms with E-state index in [4.69, 9.17) is 0 Å². The number of carboxylic acid groups (broad SMARTS) is 1. The number of carboxylic acids is 1. The summed E-state index contributed by atoms with van der Waals surface area (Å²) in [5.41, 5.74) is 1.72. The molecule has 1 aromatic carbocycles. The zero-order chi connectivity index (χ0) is 13.3. The third-order valence-corrected chi connectivity index (χ3v) is 3.15. The monoisotopic (exact) mass is 248 g/mol. The first kappa shape index (κ1) is 12.4. The maximum atomic E-state index is 11.9. The number of nitrogens with zero attached hydrogens (tertiary/aromatic N) is 2. The maximum absolute atomic E-state index is 11.9. The average Bonchev–Trinajstić information content (AvgIpc) is 2.36. The summed E-state index contributed by atoms with van der Waals surface area (Å²) in [6, 6.07) is 7.24. The Balaban J connectivity index is 2.34. The molecule has 1 heterocycles. The second-order valence-electron chi connectivity index (χ2n) is 4.65. The van der Waals surface area contributed by atoms with Crippen molar-refractivity contribution in [3.63, 3.8) is 0 Å². The lowest BCUT2D eigenvalue weighted by Gasteiger charge is -2.34. The highest BCUT2D eigenvalue weighted by Crippen LogP contribution is 2.28. The van der Waals surface area contributed by atoms with Crippen LogP contribution in [0.2, 0.25) is 0 Å². The fourth-order valence-electron chi connectivity index (χ4n) is 2.25. The number of urea groups is 1. The molecule has 5 nitrogen and oxygen atoms in total. The van der Waals surface area contributed by atoms with E-state index in [1.165, 1.54) is 4.90 Å². The van der Waals surface area contributed by atoms with Crippen LogP contribution in [0.3, 0.4) is 0 Å². The predicted octanol–water partition coefficient (Wildman–Crippen LogP) is 1.35. The predicted molar refractivity (Wildman–Crippen MR) is 66.3 cm³/mol. The van der Waals surface area contributed by atoms with Gasteiger partial charge < -0.3 is 14.9 Å². The third-order valence-electron chi connectivity index (χ3n) is 3.15. The van der Waals surface area contributed by atoms with Gasteiger partial charge in [-0.25, -0.2) is 4.79 Å². The number of hydrogen-bond acceptors (Lipinski definition) is 2. The van der Waals surface area contributed by atoms with Crippen LogP contribution in [0.4, 0.5) is 4.79 Å². The van der Waals surface area contributed by atoms with Crippen LogP contribution in [0.5, 0.6) is 0 Å². The van der Waals surface area contributed by atoms with Crippen LogP contribution in [-0.2, 0) is 11.3 Å². The lowest BCUT2D eigenvalue weighted by atomic mass is 9.90. The van der Waals surface area contributed by atoms with Crippen molar-refractivity contribution in [2.24, 2.45) is 0 Å². The Morgan fingerprint density at radius 2 is 2.00 bits per heavy atom. The molecule has 1 N–H and O–H groups in total. The molecule has 1 aliphatic rings. The second-order valence-corrected chi connectivity index (χ2v) is 4.65. The number of fused-ring (bicyclic) bond motifs is 1. The van der Waals surface area contributed by atoms with E-state index >= 15 is 0 Å². The summed E-state index contributed by atoms with van der Waals surface area (Å²) in [7, 11) is 3.33. The first-order valence-electron chi connectivity index (χ1n) is 5.77. The van der Waals surface area contributed by atoms with E-state index in [9.17, 15) is 14.7 Å². The molecule has 0 saturated carbocycles. The van der Waals surface area contributed by atoms with Gasteiger partial charge in [0.25, 0.3) is 0 Å². The van der Waals surface area contributed by atoms with Gasteiger partial charge in [0.2, 0.25) is 0 Å². The molecule has 1 atom stereocenters. The summed E-state index contributed by atoms with van der Waals surface area (Å²) < 4.78 is 0. The molecular formula is C13H16N2O3. The number of amides is 2. The SMILES string of the molecule is CN(C)C(=O)N1Cc2ccccc2C(C(=O)O)C1. The molecule has 2 rings (SSSR count). The Labute approximate surface area is 106 Å². The van der Waals surface area contributed by atoms with Gasteiger partial charge in [0.15, 0.2) is 0 Å². The van der Waals surface area contributed by atoms with Crippen molar-refractivity contribution in [1.29, 1.82) is 0 Å². The van der Waals surface area contributed by atoms with Crippen molar-refractivity contribution in [2.75, 3.05) is 20.6 Å². The molecule has 2 amide bonds. The lowest BCUT2D eigenvalue weighted by molar-refractivity contribution is -0.139.